The van der Waals surface area contributed by atoms with Crippen LogP contribution in [0.3, 0.4) is 0 Å². The molecular formula is C32H39N4O3P. The molecule has 0 saturated carbocycles. The van der Waals surface area contributed by atoms with Crippen LogP contribution in [0.25, 0.3) is 0 Å². The Kier molecular flexibility index (Phi) is 9.94. The minimum atomic E-state index is -0.725. The van der Waals surface area contributed by atoms with Gasteiger partial charge in [-0.1, -0.05) is 42.3 Å². The SMILES string of the molecule is C#CCOc1ccc(CN2CCN3CCN(Cc4ccc(OC)cc4)P2N(Cc2ccc(OC)cc2)CC3)cc1. The summed E-state index contributed by atoms with van der Waals surface area (Å²) < 4.78 is 24.6. The highest BCUT2D eigenvalue weighted by Gasteiger charge is 2.36. The molecule has 0 atom stereocenters. The van der Waals surface area contributed by atoms with Crippen molar-refractivity contribution in [2.24, 2.45) is 0 Å². The van der Waals surface area contributed by atoms with E-state index in [-0.39, 0.29) is 6.61 Å². The molecule has 3 fully saturated rings. The van der Waals surface area contributed by atoms with E-state index in [9.17, 15) is 0 Å². The molecule has 3 saturated heterocycles. The summed E-state index contributed by atoms with van der Waals surface area (Å²) in [4.78, 5) is 2.62. The fourth-order valence-electron chi connectivity index (χ4n) is 5.25. The molecular weight excluding hydrogens is 519 g/mol. The third kappa shape index (κ3) is 7.34. The summed E-state index contributed by atoms with van der Waals surface area (Å²) in [6, 6.07) is 25.4. The molecule has 8 heteroatoms. The van der Waals surface area contributed by atoms with E-state index in [0.29, 0.717) is 0 Å². The Morgan fingerprint density at radius 1 is 0.600 bits per heavy atom. The lowest BCUT2D eigenvalue weighted by Crippen LogP contribution is -2.51. The average molecular weight is 559 g/mol. The lowest BCUT2D eigenvalue weighted by atomic mass is 10.2. The number of methoxy groups -OCH3 is 2. The molecule has 7 nitrogen and oxygen atoms in total. The van der Waals surface area contributed by atoms with Gasteiger partial charge in [-0.25, -0.2) is 0 Å². The van der Waals surface area contributed by atoms with E-state index in [0.717, 1.165) is 76.2 Å². The molecule has 0 aromatic heterocycles. The first-order chi connectivity index (χ1) is 19.6. The largest absolute Gasteiger partial charge is 0.497 e. The smallest absolute Gasteiger partial charge is 0.148 e. The standard InChI is InChI=1S/C32H39N4O3P/c1-4-23-39-32-15-9-29(10-16-32)26-36-22-19-33-17-20-34(24-27-5-11-30(37-2)12-6-27)40(36)35(21-18-33)25-28-7-13-31(38-3)14-8-28/h1,5-16H,17-26H2,2-3H3. The Morgan fingerprint density at radius 3 is 1.32 bits per heavy atom. The van der Waals surface area contributed by atoms with Crippen molar-refractivity contribution in [3.05, 3.63) is 89.5 Å². The highest BCUT2D eigenvalue weighted by molar-refractivity contribution is 7.50. The highest BCUT2D eigenvalue weighted by atomic mass is 31.2. The number of hydrogen-bond donors (Lipinski definition) is 0. The van der Waals surface area contributed by atoms with Gasteiger partial charge in [0.1, 0.15) is 32.2 Å². The van der Waals surface area contributed by atoms with Gasteiger partial charge in [-0.2, -0.15) is 0 Å². The summed E-state index contributed by atoms with van der Waals surface area (Å²) in [5.74, 6) is 5.13. The van der Waals surface area contributed by atoms with Gasteiger partial charge in [-0.15, -0.1) is 6.42 Å². The number of benzene rings is 3. The van der Waals surface area contributed by atoms with Crippen LogP contribution >= 0.6 is 8.37 Å². The minimum Gasteiger partial charge on any atom is -0.497 e. The molecule has 0 N–H and O–H groups in total. The van der Waals surface area contributed by atoms with E-state index in [2.05, 4.69) is 85.5 Å². The molecule has 3 aliphatic heterocycles. The third-order valence-corrected chi connectivity index (χ3v) is 9.98. The van der Waals surface area contributed by atoms with E-state index in [1.54, 1.807) is 14.2 Å². The van der Waals surface area contributed by atoms with Crippen molar-refractivity contribution in [1.82, 2.24) is 18.9 Å². The van der Waals surface area contributed by atoms with Crippen LogP contribution < -0.4 is 14.2 Å². The first kappa shape index (κ1) is 28.4. The highest BCUT2D eigenvalue weighted by Crippen LogP contribution is 2.51. The second-order valence-electron chi connectivity index (χ2n) is 10.1. The molecule has 40 heavy (non-hydrogen) atoms. The predicted molar refractivity (Wildman–Crippen MR) is 161 cm³/mol. The number of terminal acetylenes is 1. The molecule has 210 valence electrons. The van der Waals surface area contributed by atoms with Crippen LogP contribution in [-0.2, 0) is 19.6 Å². The Labute approximate surface area is 240 Å². The van der Waals surface area contributed by atoms with E-state index in [1.165, 1.54) is 16.7 Å². The molecule has 0 spiro atoms. The summed E-state index contributed by atoms with van der Waals surface area (Å²) in [6.45, 7) is 9.35. The van der Waals surface area contributed by atoms with Crippen LogP contribution in [0, 0.1) is 12.3 Å². The molecule has 3 aromatic carbocycles. The zero-order chi connectivity index (χ0) is 27.7. The van der Waals surface area contributed by atoms with Gasteiger partial charge >= 0.3 is 0 Å². The fourth-order valence-corrected chi connectivity index (χ4v) is 8.00. The molecule has 0 aliphatic carbocycles. The van der Waals surface area contributed by atoms with Gasteiger partial charge in [0.05, 0.1) is 14.2 Å². The molecule has 3 heterocycles. The van der Waals surface area contributed by atoms with Gasteiger partial charge < -0.3 is 14.2 Å². The molecule has 3 aromatic rings. The Bertz CT molecular complexity index is 1190. The molecule has 0 unspecified atom stereocenters. The topological polar surface area (TPSA) is 40.7 Å². The van der Waals surface area contributed by atoms with Gasteiger partial charge in [0.2, 0.25) is 0 Å². The first-order valence-electron chi connectivity index (χ1n) is 13.8. The van der Waals surface area contributed by atoms with Crippen molar-refractivity contribution < 1.29 is 14.2 Å². The maximum absolute atomic E-state index is 5.62. The van der Waals surface area contributed by atoms with E-state index in [1.807, 2.05) is 12.1 Å². The van der Waals surface area contributed by atoms with Gasteiger partial charge in [0.15, 0.2) is 0 Å². The zero-order valence-corrected chi connectivity index (χ0v) is 24.4. The second kappa shape index (κ2) is 14.0. The Morgan fingerprint density at radius 2 is 0.975 bits per heavy atom. The molecule has 6 rings (SSSR count). The lowest BCUT2D eigenvalue weighted by Gasteiger charge is -2.50. The number of rotatable bonds is 10. The van der Waals surface area contributed by atoms with E-state index < -0.39 is 8.37 Å². The van der Waals surface area contributed by atoms with Crippen molar-refractivity contribution in [2.45, 2.75) is 19.6 Å². The van der Waals surface area contributed by atoms with Crippen molar-refractivity contribution in [2.75, 3.05) is 60.1 Å². The molecule has 0 amide bonds. The molecule has 2 bridgehead atoms. The van der Waals surface area contributed by atoms with Crippen LogP contribution in [0.15, 0.2) is 72.8 Å². The number of nitrogens with zero attached hydrogens (tertiary/aromatic N) is 4. The van der Waals surface area contributed by atoms with Gasteiger partial charge in [-0.3, -0.25) is 18.9 Å². The van der Waals surface area contributed by atoms with Gasteiger partial charge in [0.25, 0.3) is 0 Å². The van der Waals surface area contributed by atoms with Crippen LogP contribution in [0.2, 0.25) is 0 Å². The molecule has 3 aliphatic rings. The molecule has 0 radical (unpaired) electrons. The number of ether oxygens (including phenoxy) is 3. The van der Waals surface area contributed by atoms with Crippen LogP contribution in [0.5, 0.6) is 17.2 Å². The number of hydrogen-bond acceptors (Lipinski definition) is 7. The summed E-state index contributed by atoms with van der Waals surface area (Å²) in [5, 5.41) is 0. The second-order valence-corrected chi connectivity index (χ2v) is 12.3. The van der Waals surface area contributed by atoms with Crippen molar-refractivity contribution in [3.8, 4) is 29.6 Å². The monoisotopic (exact) mass is 558 g/mol. The third-order valence-electron chi connectivity index (χ3n) is 7.44. The lowest BCUT2D eigenvalue weighted by molar-refractivity contribution is 0.159. The summed E-state index contributed by atoms with van der Waals surface area (Å²) >= 11 is 0. The van der Waals surface area contributed by atoms with Gasteiger partial charge in [-0.05, 0) is 53.1 Å². The quantitative estimate of drug-likeness (QED) is 0.254. The van der Waals surface area contributed by atoms with Crippen LogP contribution in [0.4, 0.5) is 0 Å². The van der Waals surface area contributed by atoms with Gasteiger partial charge in [0, 0.05) is 58.9 Å². The number of fused-ring (bicyclic) bond motifs is 6. The average Bonchev–Trinajstić information content (AvgIpc) is 2.98. The van der Waals surface area contributed by atoms with Crippen LogP contribution in [0.1, 0.15) is 16.7 Å². The fraction of sp³-hybridized carbons (Fsp3) is 0.375. The van der Waals surface area contributed by atoms with Crippen LogP contribution in [-0.4, -0.2) is 79.0 Å². The minimum absolute atomic E-state index is 0.285. The summed E-state index contributed by atoms with van der Waals surface area (Å²) in [5.41, 5.74) is 3.89. The zero-order valence-electron chi connectivity index (χ0n) is 23.5. The van der Waals surface area contributed by atoms with Crippen molar-refractivity contribution in [1.29, 1.82) is 0 Å². The summed E-state index contributed by atoms with van der Waals surface area (Å²) in [7, 11) is 2.71. The van der Waals surface area contributed by atoms with Crippen molar-refractivity contribution >= 4 is 8.37 Å². The normalized spacial score (nSPS) is 20.2. The first-order valence-corrected chi connectivity index (χ1v) is 15.0. The Hall–Kier alpha value is -3.11. The Balaban J connectivity index is 1.44. The maximum Gasteiger partial charge on any atom is 0.148 e. The van der Waals surface area contributed by atoms with Crippen molar-refractivity contribution in [3.63, 3.8) is 0 Å². The predicted octanol–water partition coefficient (Wildman–Crippen LogP) is 5.08. The van der Waals surface area contributed by atoms with E-state index >= 15 is 0 Å². The van der Waals surface area contributed by atoms with E-state index in [4.69, 9.17) is 20.6 Å². The summed E-state index contributed by atoms with van der Waals surface area (Å²) in [6.07, 6.45) is 5.36. The maximum atomic E-state index is 5.62.